The smallest absolute Gasteiger partial charge is 2.00 e. The van der Waals surface area contributed by atoms with Crippen LogP contribution in [0.3, 0.4) is 0 Å². The van der Waals surface area contributed by atoms with E-state index in [-0.39, 0.29) is 113 Å². The molecule has 0 aliphatic rings. The van der Waals surface area contributed by atoms with Gasteiger partial charge in [0, 0.05) is 33.1 Å². The number of nitriles is 1. The van der Waals surface area contributed by atoms with Crippen molar-refractivity contribution in [3.8, 4) is 6.07 Å². The number of hydrogen-bond donors (Lipinski definition) is 0. The molecule has 0 amide bonds. The quantitative estimate of drug-likeness (QED) is 0.0752. The monoisotopic (exact) mass is 1170 g/mol. The molecule has 20 nitrogen and oxygen atoms in total. The van der Waals surface area contributed by atoms with Crippen molar-refractivity contribution in [3.63, 3.8) is 0 Å². The fraction of sp³-hybridized carbons (Fsp3) is 0.341. The van der Waals surface area contributed by atoms with E-state index in [0.717, 1.165) is 26.2 Å². The molecule has 3 radical (unpaired) electrons. The van der Waals surface area contributed by atoms with Crippen LogP contribution in [-0.4, -0.2) is 143 Å². The van der Waals surface area contributed by atoms with Gasteiger partial charge in [-0.25, -0.2) is 0 Å². The Morgan fingerprint density at radius 3 is 0.746 bits per heavy atom. The van der Waals surface area contributed by atoms with Gasteiger partial charge in [-0.3, -0.25) is 0 Å². The van der Waals surface area contributed by atoms with Gasteiger partial charge in [0.05, 0.1) is 35.0 Å². The van der Waals surface area contributed by atoms with Crippen LogP contribution in [0.4, 0.5) is 0 Å². The summed E-state index contributed by atoms with van der Waals surface area (Å²) < 4.78 is 0. The molecule has 0 N–H and O–H groups in total. The van der Waals surface area contributed by atoms with Crippen LogP contribution in [0.5, 0.6) is 0 Å². The van der Waals surface area contributed by atoms with Crippen LogP contribution in [-0.2, 0) is 39.6 Å². The summed E-state index contributed by atoms with van der Waals surface area (Å²) in [6, 6.07) is 34.0. The Morgan fingerprint density at radius 2 is 0.642 bits per heavy atom. The molecule has 67 heavy (non-hydrogen) atoms. The largest absolute Gasteiger partial charge is 5.00 e. The molecular weight excluding hydrogens is 1110 g/mol. The minimum atomic E-state index is -1.75. The molecule has 0 spiro atoms. The van der Waals surface area contributed by atoms with Gasteiger partial charge in [0.2, 0.25) is 0 Å². The van der Waals surface area contributed by atoms with Crippen LogP contribution in [0.2, 0.25) is 0 Å². The fourth-order valence-electron chi connectivity index (χ4n) is 3.57. The standard InChI is InChI=1S/2C7H17N2O.4C7H6O2.C2H3N.Dy.2Fe.NO3.O/c2*1-8(2)4-5-9(3)6-7-10;4*8-7(9)6-4-2-1-3-5-6;1-2-3;;;;2-1(3)4;/h2*4-7H2,1-3H3;4*1-5H,(H,8,9);1H3;;;;;/q2*-1;;;;;;+3;2*+5;-1;-2/p-4. The van der Waals surface area contributed by atoms with Crippen molar-refractivity contribution in [3.05, 3.63) is 159 Å². The number of carboxylic acids is 4. The summed E-state index contributed by atoms with van der Waals surface area (Å²) in [6.07, 6.45) is 0. The first-order chi connectivity index (χ1) is 29.7. The zero-order chi connectivity index (χ0) is 49.0. The van der Waals surface area contributed by atoms with E-state index in [1.165, 1.54) is 55.5 Å². The third-order valence-corrected chi connectivity index (χ3v) is 6.84. The average Bonchev–Trinajstić information content (AvgIpc) is 3.25. The molecule has 0 aromatic heterocycles. The van der Waals surface area contributed by atoms with Gasteiger partial charge in [-0.05, 0) is 77.6 Å². The summed E-state index contributed by atoms with van der Waals surface area (Å²) in [5.41, 5.74) is 0.880. The van der Waals surface area contributed by atoms with E-state index in [0.29, 0.717) is 13.1 Å². The van der Waals surface area contributed by atoms with Gasteiger partial charge in [0.15, 0.2) is 0 Å². The number of carboxylic acid groups (broad SMARTS) is 4. The molecule has 0 saturated carbocycles. The first-order valence-corrected chi connectivity index (χ1v) is 18.7. The molecule has 0 bridgehead atoms. The van der Waals surface area contributed by atoms with Crippen molar-refractivity contribution in [1.82, 2.24) is 19.6 Å². The first kappa shape index (κ1) is 79.6. The Hall–Kier alpha value is -4.52. The van der Waals surface area contributed by atoms with Crippen LogP contribution in [0.15, 0.2) is 121 Å². The second-order valence-corrected chi connectivity index (χ2v) is 12.7. The van der Waals surface area contributed by atoms with E-state index in [1.807, 2.05) is 52.1 Å². The van der Waals surface area contributed by atoms with Crippen molar-refractivity contribution in [1.29, 1.82) is 5.26 Å². The van der Waals surface area contributed by atoms with E-state index in [4.69, 9.17) is 20.6 Å². The van der Waals surface area contributed by atoms with Gasteiger partial charge >= 0.3 is 72.3 Å². The molecule has 369 valence electrons. The molecule has 0 aliphatic carbocycles. The predicted molar refractivity (Wildman–Crippen MR) is 227 cm³/mol. The molecule has 4 aromatic carbocycles. The number of rotatable bonds is 14. The van der Waals surface area contributed by atoms with Crippen LogP contribution < -0.4 is 30.6 Å². The number of benzene rings is 4. The van der Waals surface area contributed by atoms with E-state index >= 15 is 0 Å². The van der Waals surface area contributed by atoms with Crippen molar-refractivity contribution in [2.24, 2.45) is 0 Å². The molecule has 0 aliphatic heterocycles. The maximum atomic E-state index is 10.1. The second kappa shape index (κ2) is 55.8. The molecule has 4 rings (SSSR count). The van der Waals surface area contributed by atoms with Gasteiger partial charge in [0.1, 0.15) is 0 Å². The van der Waals surface area contributed by atoms with E-state index in [2.05, 4.69) is 9.80 Å². The molecule has 4 aromatic rings. The van der Waals surface area contributed by atoms with Crippen molar-refractivity contribution >= 4 is 23.9 Å². The Kier molecular flexibility index (Phi) is 66.3. The van der Waals surface area contributed by atoms with Crippen molar-refractivity contribution < 1.29 is 133 Å². The Bertz CT molecular complexity index is 1570. The maximum Gasteiger partial charge on any atom is 5.00 e. The van der Waals surface area contributed by atoms with Gasteiger partial charge in [-0.2, -0.15) is 5.26 Å². The third kappa shape index (κ3) is 61.5. The van der Waals surface area contributed by atoms with E-state index in [1.54, 1.807) is 78.9 Å². The number of carbonyl (C=O) groups is 4. The molecule has 0 heterocycles. The summed E-state index contributed by atoms with van der Waals surface area (Å²) in [5, 5.41) is 82.7. The number of carbonyl (C=O) groups excluding carboxylic acids is 4. The number of aromatic carboxylic acids is 4. The summed E-state index contributed by atoms with van der Waals surface area (Å²) in [4.78, 5) is 56.9. The fourth-order valence-corrected chi connectivity index (χ4v) is 3.57. The summed E-state index contributed by atoms with van der Waals surface area (Å²) >= 11 is 0. The zero-order valence-electron chi connectivity index (χ0n) is 38.1. The van der Waals surface area contributed by atoms with Crippen LogP contribution in [0, 0.1) is 64.8 Å². The van der Waals surface area contributed by atoms with Crippen LogP contribution in [0.1, 0.15) is 48.4 Å². The Labute approximate surface area is 444 Å². The van der Waals surface area contributed by atoms with Crippen LogP contribution in [0.25, 0.3) is 0 Å². The van der Waals surface area contributed by atoms with Gasteiger partial charge in [0.25, 0.3) is 0 Å². The Balaban J connectivity index is -0.0000000998. The molecule has 0 unspecified atom stereocenters. The van der Waals surface area contributed by atoms with E-state index in [9.17, 15) is 49.8 Å². The first-order valence-electron chi connectivity index (χ1n) is 18.7. The second-order valence-electron chi connectivity index (χ2n) is 12.7. The molecule has 0 fully saturated rings. The van der Waals surface area contributed by atoms with Gasteiger partial charge < -0.3 is 90.2 Å². The maximum absolute atomic E-state index is 10.1. The molecule has 23 heteroatoms. The van der Waals surface area contributed by atoms with Crippen molar-refractivity contribution in [2.45, 2.75) is 6.92 Å². The summed E-state index contributed by atoms with van der Waals surface area (Å²) in [7, 11) is 12.1. The minimum Gasteiger partial charge on any atom is -2.00 e. The van der Waals surface area contributed by atoms with Crippen molar-refractivity contribution in [2.75, 3.05) is 94.8 Å². The average molecular weight is 1170 g/mol. The minimum absolute atomic E-state index is 0. The number of likely N-dealkylation sites (N-methyl/N-ethyl adjacent to an activating group) is 4. The number of nitrogens with zero attached hydrogens (tertiary/aromatic N) is 6. The molecule has 0 atom stereocenters. The molecule has 0 saturated heterocycles. The zero-order valence-corrected chi connectivity index (χ0v) is 42.4. The predicted octanol–water partition coefficient (Wildman–Crippen LogP) is -1.95. The summed E-state index contributed by atoms with van der Waals surface area (Å²) in [6.45, 7) is 6.77. The topological polar surface area (TPSA) is 338 Å². The van der Waals surface area contributed by atoms with Gasteiger partial charge in [-0.15, -0.1) is 13.2 Å². The SMILES string of the molecule is CC#N.CN(C)CCN(C)CC[O-].CN(C)CCN(C)CC[O-].O=C([O-])c1ccccc1.O=C([O-])c1ccccc1.O=C([O-])c1ccccc1.O=C([O-])c1ccccc1.O=[N+]([O-])[O-].[Dy+3].[Fe+5].[Fe+5].[O-2]. The molecular formula is C44H57DyFe2N6O14+4. The van der Waals surface area contributed by atoms with Gasteiger partial charge in [-0.1, -0.05) is 121 Å². The van der Waals surface area contributed by atoms with E-state index < -0.39 is 29.0 Å². The van der Waals surface area contributed by atoms with Crippen LogP contribution >= 0.6 is 0 Å². The Morgan fingerprint density at radius 1 is 0.478 bits per heavy atom. The number of hydrogen-bond acceptors (Lipinski definition) is 18. The third-order valence-electron chi connectivity index (χ3n) is 6.84. The normalized spacial score (nSPS) is 8.66. The summed E-state index contributed by atoms with van der Waals surface area (Å²) in [5.74, 6) is -4.52.